The Bertz CT molecular complexity index is 1630. The molecule has 0 saturated carbocycles. The number of hydrogen-bond donors (Lipinski definition) is 1. The van der Waals surface area contributed by atoms with E-state index in [1.165, 1.54) is 29.5 Å². The van der Waals surface area contributed by atoms with Crippen molar-refractivity contribution in [3.8, 4) is 11.5 Å². The molecular weight excluding hydrogens is 544 g/mol. The van der Waals surface area contributed by atoms with Crippen LogP contribution in [-0.2, 0) is 4.74 Å². The van der Waals surface area contributed by atoms with Gasteiger partial charge < -0.3 is 19.7 Å². The molecule has 0 radical (unpaired) electrons. The second-order valence-electron chi connectivity index (χ2n) is 12.1. The summed E-state index contributed by atoms with van der Waals surface area (Å²) in [5, 5.41) is 3.74. The normalized spacial score (nSPS) is 13.5. The van der Waals surface area contributed by atoms with Gasteiger partial charge in [0.15, 0.2) is 0 Å². The number of anilines is 3. The number of methoxy groups -OCH3 is 1. The smallest absolute Gasteiger partial charge is 0.338 e. The molecule has 5 nitrogen and oxygen atoms in total. The zero-order chi connectivity index (χ0) is 31.4. The number of fused-ring (bicyclic) bond motifs is 2. The number of rotatable bonds is 11. The first-order valence-corrected chi connectivity index (χ1v) is 16.0. The maximum absolute atomic E-state index is 13.0. The number of nitrogens with zero attached hydrogens (tertiary/aromatic N) is 1. The first kappa shape index (κ1) is 31.2. The van der Waals surface area contributed by atoms with Gasteiger partial charge in [-0.2, -0.15) is 0 Å². The van der Waals surface area contributed by atoms with Crippen molar-refractivity contribution in [2.45, 2.75) is 73.1 Å². The number of carbonyl (C=O) groups is 1. The molecule has 0 saturated heterocycles. The van der Waals surface area contributed by atoms with E-state index in [1.807, 2.05) is 24.3 Å². The van der Waals surface area contributed by atoms with Crippen LogP contribution in [0.4, 0.5) is 17.1 Å². The largest absolute Gasteiger partial charge is 0.465 e. The molecule has 0 fully saturated rings. The number of esters is 1. The summed E-state index contributed by atoms with van der Waals surface area (Å²) in [5.41, 5.74) is 11.6. The third kappa shape index (κ3) is 6.33. The first-order valence-electron chi connectivity index (χ1n) is 16.0. The lowest BCUT2D eigenvalue weighted by Gasteiger charge is -2.32. The first-order chi connectivity index (χ1) is 21.2. The van der Waals surface area contributed by atoms with Crippen LogP contribution in [0, 0.1) is 27.7 Å². The summed E-state index contributed by atoms with van der Waals surface area (Å²) in [5.74, 6) is 1.10. The van der Waals surface area contributed by atoms with E-state index in [-0.39, 0.29) is 11.9 Å². The Balaban J connectivity index is 1.66. The topological polar surface area (TPSA) is 50.8 Å². The fourth-order valence-corrected chi connectivity index (χ4v) is 6.44. The van der Waals surface area contributed by atoms with Crippen molar-refractivity contribution in [1.29, 1.82) is 0 Å². The molecule has 0 amide bonds. The van der Waals surface area contributed by atoms with Crippen LogP contribution in [0.5, 0.6) is 11.5 Å². The van der Waals surface area contributed by atoms with Crippen LogP contribution in [0.2, 0.25) is 0 Å². The third-order valence-electron chi connectivity index (χ3n) is 8.74. The molecule has 0 bridgehead atoms. The van der Waals surface area contributed by atoms with Gasteiger partial charge in [-0.3, -0.25) is 0 Å². The minimum Gasteiger partial charge on any atom is -0.465 e. The zero-order valence-electron chi connectivity index (χ0n) is 27.3. The Morgan fingerprint density at radius 3 is 2.11 bits per heavy atom. The molecule has 1 N–H and O–H groups in total. The predicted octanol–water partition coefficient (Wildman–Crippen LogP) is 10.1. The van der Waals surface area contributed by atoms with E-state index < -0.39 is 0 Å². The van der Waals surface area contributed by atoms with E-state index in [9.17, 15) is 4.79 Å². The van der Waals surface area contributed by atoms with E-state index >= 15 is 0 Å². The third-order valence-corrected chi connectivity index (χ3v) is 8.74. The molecule has 1 aliphatic heterocycles. The van der Waals surface area contributed by atoms with Crippen LogP contribution in [0.3, 0.4) is 0 Å². The molecule has 0 aromatic heterocycles. The number of carbonyl (C=O) groups excluding carboxylic acids is 1. The molecule has 0 aliphatic carbocycles. The molecule has 4 aromatic carbocycles. The maximum Gasteiger partial charge on any atom is 0.338 e. The predicted molar refractivity (Wildman–Crippen MR) is 182 cm³/mol. The number of aryl methyl sites for hydroxylation is 4. The lowest BCUT2D eigenvalue weighted by molar-refractivity contribution is 0.0599. The molecule has 4 aromatic rings. The zero-order valence-corrected chi connectivity index (χ0v) is 27.3. The van der Waals surface area contributed by atoms with Gasteiger partial charge in [-0.1, -0.05) is 68.7 Å². The van der Waals surface area contributed by atoms with E-state index in [1.54, 1.807) is 0 Å². The van der Waals surface area contributed by atoms with Gasteiger partial charge in [0, 0.05) is 53.3 Å². The van der Waals surface area contributed by atoms with E-state index in [0.29, 0.717) is 5.56 Å². The van der Waals surface area contributed by atoms with Gasteiger partial charge in [-0.25, -0.2) is 4.79 Å². The van der Waals surface area contributed by atoms with Gasteiger partial charge in [0.05, 0.1) is 12.7 Å². The van der Waals surface area contributed by atoms with Crippen molar-refractivity contribution in [3.05, 3.63) is 111 Å². The second kappa shape index (κ2) is 13.6. The monoisotopic (exact) mass is 590 g/mol. The highest BCUT2D eigenvalue weighted by molar-refractivity contribution is 5.92. The molecule has 0 spiro atoms. The minimum absolute atomic E-state index is 0.209. The summed E-state index contributed by atoms with van der Waals surface area (Å²) in [6, 6.07) is 23.1. The van der Waals surface area contributed by atoms with Crippen LogP contribution in [0.1, 0.15) is 94.8 Å². The number of nitrogens with one attached hydrogen (secondary N) is 1. The summed E-state index contributed by atoms with van der Waals surface area (Å²) in [6.07, 6.45) is 4.60. The van der Waals surface area contributed by atoms with Gasteiger partial charge in [0.25, 0.3) is 0 Å². The number of benzene rings is 4. The summed E-state index contributed by atoms with van der Waals surface area (Å²) in [6.45, 7) is 15.1. The van der Waals surface area contributed by atoms with Crippen LogP contribution < -0.4 is 15.0 Å². The highest BCUT2D eigenvalue weighted by atomic mass is 16.5. The average Bonchev–Trinajstić information content (AvgIpc) is 3.01. The van der Waals surface area contributed by atoms with Gasteiger partial charge in [0.2, 0.25) is 0 Å². The van der Waals surface area contributed by atoms with Crippen LogP contribution in [-0.4, -0.2) is 26.2 Å². The number of unbranched alkanes of at least 4 members (excludes halogenated alkanes) is 2. The van der Waals surface area contributed by atoms with Crippen molar-refractivity contribution >= 4 is 23.0 Å². The van der Waals surface area contributed by atoms with Crippen molar-refractivity contribution in [2.24, 2.45) is 0 Å². The van der Waals surface area contributed by atoms with E-state index in [0.717, 1.165) is 83.9 Å². The summed E-state index contributed by atoms with van der Waals surface area (Å²) in [7, 11) is 1.44. The minimum atomic E-state index is -0.339. The quantitative estimate of drug-likeness (QED) is 0.155. The Morgan fingerprint density at radius 2 is 1.45 bits per heavy atom. The molecule has 230 valence electrons. The van der Waals surface area contributed by atoms with Crippen LogP contribution in [0.25, 0.3) is 0 Å². The lowest BCUT2D eigenvalue weighted by Crippen LogP contribution is -2.26. The number of ether oxygens (including phenoxy) is 2. The average molecular weight is 591 g/mol. The van der Waals surface area contributed by atoms with Gasteiger partial charge >= 0.3 is 5.97 Å². The van der Waals surface area contributed by atoms with E-state index in [2.05, 4.69) is 94.2 Å². The van der Waals surface area contributed by atoms with E-state index in [4.69, 9.17) is 9.47 Å². The Hall–Kier alpha value is -4.25. The Labute approximate surface area is 263 Å². The van der Waals surface area contributed by atoms with Crippen molar-refractivity contribution in [3.63, 3.8) is 0 Å². The summed E-state index contributed by atoms with van der Waals surface area (Å²) in [4.78, 5) is 15.5. The van der Waals surface area contributed by atoms with Crippen molar-refractivity contribution in [2.75, 3.05) is 30.4 Å². The van der Waals surface area contributed by atoms with Crippen LogP contribution in [0.15, 0.2) is 66.7 Å². The molecule has 1 atom stereocenters. The Morgan fingerprint density at radius 1 is 0.795 bits per heavy atom. The summed E-state index contributed by atoms with van der Waals surface area (Å²) >= 11 is 0. The molecule has 5 heteroatoms. The molecule has 44 heavy (non-hydrogen) atoms. The lowest BCUT2D eigenvalue weighted by atomic mass is 9.80. The fraction of sp³-hybridized carbons (Fsp3) is 0.359. The van der Waals surface area contributed by atoms with Crippen molar-refractivity contribution < 1.29 is 14.3 Å². The maximum atomic E-state index is 13.0. The van der Waals surface area contributed by atoms with Gasteiger partial charge in [-0.15, -0.1) is 0 Å². The fourth-order valence-electron chi connectivity index (χ4n) is 6.44. The SMILES string of the molecule is CCCCN(CCCC)c1ccc2c(c1)Oc1cc(C)c(Nc3c(C)cc(C)cc3C)cc1C2c1ccccc1C(=O)OC. The molecule has 1 heterocycles. The summed E-state index contributed by atoms with van der Waals surface area (Å²) < 4.78 is 12.0. The highest BCUT2D eigenvalue weighted by Crippen LogP contribution is 2.50. The van der Waals surface area contributed by atoms with Gasteiger partial charge in [0.1, 0.15) is 11.5 Å². The molecule has 1 unspecified atom stereocenters. The second-order valence-corrected chi connectivity index (χ2v) is 12.1. The molecule has 5 rings (SSSR count). The van der Waals surface area contributed by atoms with Crippen molar-refractivity contribution in [1.82, 2.24) is 0 Å². The van der Waals surface area contributed by atoms with Gasteiger partial charge in [-0.05, 0) is 87.1 Å². The number of hydrogen-bond acceptors (Lipinski definition) is 5. The Kier molecular flexibility index (Phi) is 9.63. The molecular formula is C39H46N2O3. The highest BCUT2D eigenvalue weighted by Gasteiger charge is 2.33. The molecule has 1 aliphatic rings. The standard InChI is InChI=1S/C39H46N2O3/c1-8-10-18-41(19-11-9-2)29-16-17-32-36(23-29)44-35-22-26(4)34(40-38-27(5)20-25(3)21-28(38)6)24-33(35)37(32)30-14-12-13-15-31(30)39(42)43-7/h12-17,20-24,37,40H,8-11,18-19H2,1-7H3. The van der Waals surface area contributed by atoms with Crippen LogP contribution >= 0.6 is 0 Å².